The number of anilines is 1. The average Bonchev–Trinajstić information content (AvgIpc) is 2.93. The topological polar surface area (TPSA) is 114 Å². The van der Waals surface area contributed by atoms with Gasteiger partial charge >= 0.3 is 0 Å². The summed E-state index contributed by atoms with van der Waals surface area (Å²) in [7, 11) is -5.37. The maximum atomic E-state index is 13.8. The number of sulfonamides is 1. The molecular weight excluding hydrogens is 562 g/mol. The number of fused-ring (bicyclic) bond motifs is 1. The molecule has 0 unspecified atom stereocenters. The second kappa shape index (κ2) is 12.5. The lowest BCUT2D eigenvalue weighted by Gasteiger charge is -2.42. The van der Waals surface area contributed by atoms with Crippen molar-refractivity contribution in [3.63, 3.8) is 0 Å². The molecule has 0 aliphatic carbocycles. The van der Waals surface area contributed by atoms with Crippen LogP contribution in [-0.2, 0) is 16.6 Å². The van der Waals surface area contributed by atoms with Crippen LogP contribution in [0.15, 0.2) is 49.0 Å². The van der Waals surface area contributed by atoms with Crippen LogP contribution in [0.2, 0.25) is 16.6 Å². The van der Waals surface area contributed by atoms with E-state index in [0.29, 0.717) is 11.3 Å². The van der Waals surface area contributed by atoms with E-state index in [1.165, 1.54) is 31.5 Å². The maximum Gasteiger partial charge on any atom is 0.274 e. The quantitative estimate of drug-likeness (QED) is 0.247. The predicted octanol–water partition coefficient (Wildman–Crippen LogP) is 6.20. The number of halogens is 1. The first kappa shape index (κ1) is 31.9. The molecule has 0 saturated heterocycles. The fraction of sp³-hybridized carbons (Fsp3) is 0.379. The minimum absolute atomic E-state index is 0.0773. The van der Waals surface area contributed by atoms with Crippen LogP contribution in [0.4, 0.5) is 10.2 Å². The fourth-order valence-corrected chi connectivity index (χ4v) is 11.1. The van der Waals surface area contributed by atoms with Gasteiger partial charge in [-0.2, -0.15) is 0 Å². The zero-order valence-corrected chi connectivity index (χ0v) is 26.4. The summed E-state index contributed by atoms with van der Waals surface area (Å²) in [4.78, 5) is 27.5. The molecule has 2 heterocycles. The molecule has 1 aromatic carbocycles. The molecular formula is C29H38FN5O4SSi. The number of pyridine rings is 1. The van der Waals surface area contributed by atoms with Crippen LogP contribution >= 0.6 is 0 Å². The molecule has 3 rings (SSSR count). The lowest BCUT2D eigenvalue weighted by atomic mass is 10.2. The van der Waals surface area contributed by atoms with Crippen LogP contribution in [-0.4, -0.2) is 44.6 Å². The van der Waals surface area contributed by atoms with Gasteiger partial charge in [-0.05, 0) is 40.4 Å². The summed E-state index contributed by atoms with van der Waals surface area (Å²) in [6.07, 6.45) is 2.96. The summed E-state index contributed by atoms with van der Waals surface area (Å²) in [5, 5.41) is 3.61. The van der Waals surface area contributed by atoms with Crippen molar-refractivity contribution in [3.8, 4) is 5.75 Å². The van der Waals surface area contributed by atoms with E-state index in [1.54, 1.807) is 12.1 Å². The summed E-state index contributed by atoms with van der Waals surface area (Å²) >= 11 is 0. The van der Waals surface area contributed by atoms with Crippen LogP contribution in [0.5, 0.6) is 5.75 Å². The Balaban J connectivity index is 2.37. The van der Waals surface area contributed by atoms with E-state index in [4.69, 9.17) is 4.43 Å². The molecule has 0 spiro atoms. The molecule has 0 atom stereocenters. The number of hydrogen-bond acceptors (Lipinski definition) is 7. The van der Waals surface area contributed by atoms with E-state index in [-0.39, 0.29) is 51.5 Å². The van der Waals surface area contributed by atoms with Gasteiger partial charge in [-0.15, -0.1) is 0 Å². The third-order valence-electron chi connectivity index (χ3n) is 7.32. The zero-order valence-electron chi connectivity index (χ0n) is 24.6. The smallest absolute Gasteiger partial charge is 0.274 e. The fourth-order valence-electron chi connectivity index (χ4n) is 5.25. The summed E-state index contributed by atoms with van der Waals surface area (Å²) in [6.45, 7) is 19.9. The van der Waals surface area contributed by atoms with Crippen molar-refractivity contribution in [2.75, 3.05) is 11.4 Å². The second-order valence-corrected chi connectivity index (χ2v) is 18.0. The average molecular weight is 600 g/mol. The number of nitrogens with one attached hydrogen (secondary N) is 1. The second-order valence-electron chi connectivity index (χ2n) is 10.7. The molecule has 0 aliphatic heterocycles. The Hall–Kier alpha value is -3.64. The minimum Gasteiger partial charge on any atom is -0.540 e. The van der Waals surface area contributed by atoms with Crippen LogP contribution in [0.25, 0.3) is 17.1 Å². The van der Waals surface area contributed by atoms with Crippen LogP contribution in [0, 0.1) is 5.82 Å². The van der Waals surface area contributed by atoms with Gasteiger partial charge in [0.05, 0.1) is 11.9 Å². The molecule has 9 nitrogen and oxygen atoms in total. The summed E-state index contributed by atoms with van der Waals surface area (Å²) in [5.41, 5.74) is 1.73. The van der Waals surface area contributed by atoms with Gasteiger partial charge in [0.15, 0.2) is 17.3 Å². The van der Waals surface area contributed by atoms with Crippen LogP contribution < -0.4 is 14.0 Å². The van der Waals surface area contributed by atoms with Crippen LogP contribution in [0.3, 0.4) is 0 Å². The SMILES string of the molecule is C=Cc1cnc2c(N(C)S(=O)(=O)C=C)nc(C(=O)NCc3ccc(F)cc3)c(O[Si](C(C)C)(C(C)C)C(C)C)c2n1. The Kier molecular flexibility index (Phi) is 9.70. The Morgan fingerprint density at radius 1 is 1.05 bits per heavy atom. The predicted molar refractivity (Wildman–Crippen MR) is 164 cm³/mol. The first-order valence-electron chi connectivity index (χ1n) is 13.4. The lowest BCUT2D eigenvalue weighted by Crippen LogP contribution is -2.51. The van der Waals surface area contributed by atoms with Gasteiger partial charge in [-0.25, -0.2) is 27.8 Å². The van der Waals surface area contributed by atoms with Crippen molar-refractivity contribution in [1.29, 1.82) is 0 Å². The van der Waals surface area contributed by atoms with Gasteiger partial charge < -0.3 is 9.74 Å². The van der Waals surface area contributed by atoms with Crippen molar-refractivity contribution in [3.05, 3.63) is 71.8 Å². The zero-order chi connectivity index (χ0) is 30.7. The van der Waals surface area contributed by atoms with E-state index in [9.17, 15) is 17.6 Å². The molecule has 12 heteroatoms. The highest BCUT2D eigenvalue weighted by Gasteiger charge is 2.48. The van der Waals surface area contributed by atoms with Gasteiger partial charge in [0.2, 0.25) is 0 Å². The molecule has 0 aliphatic rings. The Labute approximate surface area is 242 Å². The number of carbonyl (C=O) groups excluding carboxylic acids is 1. The molecule has 3 aromatic rings. The third kappa shape index (κ3) is 6.33. The highest BCUT2D eigenvalue weighted by Crippen LogP contribution is 2.45. The Morgan fingerprint density at radius 2 is 1.63 bits per heavy atom. The molecule has 2 aromatic heterocycles. The number of aromatic nitrogens is 3. The number of nitrogens with zero attached hydrogens (tertiary/aromatic N) is 4. The Bertz CT molecular complexity index is 1540. The molecule has 0 fully saturated rings. The lowest BCUT2D eigenvalue weighted by molar-refractivity contribution is 0.0944. The number of rotatable bonds is 12. The molecule has 0 bridgehead atoms. The van der Waals surface area contributed by atoms with E-state index < -0.39 is 30.1 Å². The molecule has 1 N–H and O–H groups in total. The van der Waals surface area contributed by atoms with Crippen molar-refractivity contribution >= 4 is 47.2 Å². The number of hydrogen-bond donors (Lipinski definition) is 1. The normalized spacial score (nSPS) is 12.2. The van der Waals surface area contributed by atoms with Crippen molar-refractivity contribution in [2.45, 2.75) is 64.7 Å². The standard InChI is InChI=1S/C29H38FN5O4SSi/c1-10-23-17-31-25-24(33-23)27(39-41(18(3)4,19(5)6)20(7)8)26(34-28(25)35(9)40(37,38)11-2)29(36)32-16-21-12-14-22(30)15-13-21/h10-15,17-20H,1-2,16H2,3-9H3,(H,32,36). The van der Waals surface area contributed by atoms with E-state index in [0.717, 1.165) is 9.71 Å². The van der Waals surface area contributed by atoms with E-state index >= 15 is 0 Å². The summed E-state index contributed by atoms with van der Waals surface area (Å²) < 4.78 is 47.0. The van der Waals surface area contributed by atoms with Gasteiger partial charge in [0, 0.05) is 19.0 Å². The minimum atomic E-state index is -4.00. The highest BCUT2D eigenvalue weighted by atomic mass is 32.2. The van der Waals surface area contributed by atoms with Gasteiger partial charge in [0.1, 0.15) is 16.9 Å². The number of amides is 1. The van der Waals surface area contributed by atoms with Crippen LogP contribution in [0.1, 0.15) is 63.3 Å². The largest absolute Gasteiger partial charge is 0.540 e. The first-order chi connectivity index (χ1) is 19.2. The highest BCUT2D eigenvalue weighted by molar-refractivity contribution is 7.95. The molecule has 220 valence electrons. The summed E-state index contributed by atoms with van der Waals surface area (Å²) in [5.74, 6) is -0.962. The first-order valence-corrected chi connectivity index (χ1v) is 17.0. The van der Waals surface area contributed by atoms with E-state index in [2.05, 4.69) is 75.0 Å². The van der Waals surface area contributed by atoms with E-state index in [1.807, 2.05) is 0 Å². The number of carbonyl (C=O) groups is 1. The van der Waals surface area contributed by atoms with Gasteiger partial charge in [-0.3, -0.25) is 9.10 Å². The van der Waals surface area contributed by atoms with Crippen molar-refractivity contribution < 1.29 is 22.0 Å². The molecule has 41 heavy (non-hydrogen) atoms. The van der Waals surface area contributed by atoms with Gasteiger partial charge in [-0.1, -0.05) is 66.8 Å². The third-order valence-corrected chi connectivity index (χ3v) is 14.6. The maximum absolute atomic E-state index is 13.8. The molecule has 1 amide bonds. The monoisotopic (exact) mass is 599 g/mol. The van der Waals surface area contributed by atoms with Gasteiger partial charge in [0.25, 0.3) is 24.2 Å². The van der Waals surface area contributed by atoms with Crippen molar-refractivity contribution in [2.24, 2.45) is 0 Å². The molecule has 0 radical (unpaired) electrons. The Morgan fingerprint density at radius 3 is 2.15 bits per heavy atom. The summed E-state index contributed by atoms with van der Waals surface area (Å²) in [6, 6.07) is 5.73. The molecule has 0 saturated carbocycles. The van der Waals surface area contributed by atoms with Crippen molar-refractivity contribution in [1.82, 2.24) is 20.3 Å². The number of benzene rings is 1.